The van der Waals surface area contributed by atoms with Gasteiger partial charge >= 0.3 is 6.09 Å². The second kappa shape index (κ2) is 6.62. The van der Waals surface area contributed by atoms with Crippen molar-refractivity contribution >= 4 is 6.09 Å². The van der Waals surface area contributed by atoms with Gasteiger partial charge in [-0.1, -0.05) is 12.1 Å². The van der Waals surface area contributed by atoms with Crippen molar-refractivity contribution in [1.29, 1.82) is 5.26 Å². The third kappa shape index (κ3) is 4.85. The summed E-state index contributed by atoms with van der Waals surface area (Å²) >= 11 is 0. The number of hydrogen-bond acceptors (Lipinski definition) is 3. The van der Waals surface area contributed by atoms with Gasteiger partial charge in [0.1, 0.15) is 0 Å². The molecule has 0 radical (unpaired) electrons. The zero-order valence-electron chi connectivity index (χ0n) is 10.6. The van der Waals surface area contributed by atoms with E-state index in [1.165, 1.54) is 0 Å². The molecule has 0 heterocycles. The highest BCUT2D eigenvalue weighted by Gasteiger charge is 2.13. The first kappa shape index (κ1) is 14.0. The third-order valence-corrected chi connectivity index (χ3v) is 2.48. The maximum absolute atomic E-state index is 10.7. The van der Waals surface area contributed by atoms with Crippen LogP contribution in [0, 0.1) is 11.3 Å². The van der Waals surface area contributed by atoms with Crippen LogP contribution in [0.1, 0.15) is 11.1 Å². The second-order valence-electron chi connectivity index (χ2n) is 4.42. The summed E-state index contributed by atoms with van der Waals surface area (Å²) in [7, 11) is 3.80. The Hall–Kier alpha value is -2.06. The van der Waals surface area contributed by atoms with E-state index in [2.05, 4.69) is 11.4 Å². The Morgan fingerprint density at radius 1 is 1.44 bits per heavy atom. The van der Waals surface area contributed by atoms with Gasteiger partial charge in [-0.25, -0.2) is 4.79 Å². The van der Waals surface area contributed by atoms with E-state index in [-0.39, 0.29) is 6.04 Å². The van der Waals surface area contributed by atoms with Gasteiger partial charge < -0.3 is 15.3 Å². The lowest BCUT2D eigenvalue weighted by Gasteiger charge is -2.21. The molecular weight excluding hydrogens is 230 g/mol. The fraction of sp³-hybridized carbons (Fsp3) is 0.385. The highest BCUT2D eigenvalue weighted by molar-refractivity contribution is 5.64. The minimum absolute atomic E-state index is 0.162. The lowest BCUT2D eigenvalue weighted by Crippen LogP contribution is -2.42. The number of likely N-dealkylation sites (N-methyl/N-ethyl adjacent to an activating group) is 1. The van der Waals surface area contributed by atoms with E-state index in [9.17, 15) is 4.79 Å². The van der Waals surface area contributed by atoms with Crippen LogP contribution in [0.2, 0.25) is 0 Å². The quantitative estimate of drug-likeness (QED) is 0.822. The number of rotatable bonds is 5. The smallest absolute Gasteiger partial charge is 0.404 e. The second-order valence-corrected chi connectivity index (χ2v) is 4.42. The van der Waals surface area contributed by atoms with Gasteiger partial charge in [0.05, 0.1) is 11.6 Å². The average Bonchev–Trinajstić information content (AvgIpc) is 2.28. The van der Waals surface area contributed by atoms with Crippen molar-refractivity contribution in [2.45, 2.75) is 12.5 Å². The molecule has 0 aromatic heterocycles. The summed E-state index contributed by atoms with van der Waals surface area (Å²) in [5.74, 6) is 0. The largest absolute Gasteiger partial charge is 0.465 e. The molecule has 5 nitrogen and oxygen atoms in total. The monoisotopic (exact) mass is 247 g/mol. The Morgan fingerprint density at radius 3 is 2.50 bits per heavy atom. The summed E-state index contributed by atoms with van der Waals surface area (Å²) in [4.78, 5) is 12.6. The molecule has 5 heteroatoms. The van der Waals surface area contributed by atoms with Crippen molar-refractivity contribution in [2.75, 3.05) is 20.6 Å². The Kier molecular flexibility index (Phi) is 5.15. The predicted molar refractivity (Wildman–Crippen MR) is 68.4 cm³/mol. The predicted octanol–water partition coefficient (Wildman–Crippen LogP) is 1.30. The molecule has 0 spiro atoms. The van der Waals surface area contributed by atoms with E-state index in [1.54, 1.807) is 12.1 Å². The van der Waals surface area contributed by atoms with E-state index in [1.807, 2.05) is 31.1 Å². The molecule has 0 saturated carbocycles. The minimum Gasteiger partial charge on any atom is -0.465 e. The van der Waals surface area contributed by atoms with Crippen molar-refractivity contribution in [3.8, 4) is 6.07 Å². The van der Waals surface area contributed by atoms with Gasteiger partial charge in [-0.15, -0.1) is 0 Å². The lowest BCUT2D eigenvalue weighted by atomic mass is 10.0. The van der Waals surface area contributed by atoms with E-state index < -0.39 is 6.09 Å². The van der Waals surface area contributed by atoms with Crippen LogP contribution in [0.3, 0.4) is 0 Å². The summed E-state index contributed by atoms with van der Waals surface area (Å²) in [6, 6.07) is 9.07. The fourth-order valence-electron chi connectivity index (χ4n) is 1.78. The van der Waals surface area contributed by atoms with Gasteiger partial charge in [-0.3, -0.25) is 0 Å². The molecule has 0 bridgehead atoms. The van der Waals surface area contributed by atoms with Crippen molar-refractivity contribution in [3.63, 3.8) is 0 Å². The van der Waals surface area contributed by atoms with E-state index in [0.717, 1.165) is 5.56 Å². The van der Waals surface area contributed by atoms with Gasteiger partial charge in [0.15, 0.2) is 0 Å². The first-order valence-corrected chi connectivity index (χ1v) is 5.64. The highest BCUT2D eigenvalue weighted by Crippen LogP contribution is 2.07. The van der Waals surface area contributed by atoms with Crippen LogP contribution in [-0.2, 0) is 6.42 Å². The fourth-order valence-corrected chi connectivity index (χ4v) is 1.78. The molecule has 96 valence electrons. The standard InChI is InChI=1S/C13H17N3O2/c1-16(2)9-12(15-13(17)18)7-10-3-5-11(8-14)6-4-10/h3-6,12,15H,7,9H2,1-2H3,(H,17,18). The molecular formula is C13H17N3O2. The maximum Gasteiger partial charge on any atom is 0.404 e. The summed E-state index contributed by atoms with van der Waals surface area (Å²) in [6.07, 6.45) is -0.411. The Balaban J connectivity index is 2.69. The number of nitrogens with zero attached hydrogens (tertiary/aromatic N) is 2. The zero-order chi connectivity index (χ0) is 13.5. The molecule has 0 aliphatic rings. The number of hydrogen-bond donors (Lipinski definition) is 2. The summed E-state index contributed by atoms with van der Waals surface area (Å²) in [6.45, 7) is 0.631. The Bertz CT molecular complexity index is 435. The molecule has 18 heavy (non-hydrogen) atoms. The molecule has 1 aromatic rings. The molecule has 1 unspecified atom stereocenters. The Morgan fingerprint density at radius 2 is 2.06 bits per heavy atom. The van der Waals surface area contributed by atoms with Gasteiger partial charge in [0, 0.05) is 12.6 Å². The van der Waals surface area contributed by atoms with E-state index in [4.69, 9.17) is 10.4 Å². The van der Waals surface area contributed by atoms with Gasteiger partial charge in [-0.05, 0) is 38.2 Å². The third-order valence-electron chi connectivity index (χ3n) is 2.48. The first-order valence-electron chi connectivity index (χ1n) is 5.64. The Labute approximate surface area is 107 Å². The molecule has 0 fully saturated rings. The maximum atomic E-state index is 10.7. The number of carboxylic acid groups (broad SMARTS) is 1. The molecule has 1 aromatic carbocycles. The summed E-state index contributed by atoms with van der Waals surface area (Å²) < 4.78 is 0. The van der Waals surface area contributed by atoms with E-state index >= 15 is 0 Å². The van der Waals surface area contributed by atoms with Gasteiger partial charge in [0.25, 0.3) is 0 Å². The number of nitriles is 1. The number of carbonyl (C=O) groups is 1. The number of nitrogens with one attached hydrogen (secondary N) is 1. The van der Waals surface area contributed by atoms with Crippen LogP contribution in [0.4, 0.5) is 4.79 Å². The number of amides is 1. The number of benzene rings is 1. The topological polar surface area (TPSA) is 76.4 Å². The van der Waals surface area contributed by atoms with Crippen LogP contribution < -0.4 is 5.32 Å². The van der Waals surface area contributed by atoms with Gasteiger partial charge in [0.2, 0.25) is 0 Å². The summed E-state index contributed by atoms with van der Waals surface area (Å²) in [5.41, 5.74) is 1.61. The average molecular weight is 247 g/mol. The van der Waals surface area contributed by atoms with Gasteiger partial charge in [-0.2, -0.15) is 5.26 Å². The van der Waals surface area contributed by atoms with Crippen molar-refractivity contribution < 1.29 is 9.90 Å². The van der Waals surface area contributed by atoms with Crippen molar-refractivity contribution in [3.05, 3.63) is 35.4 Å². The van der Waals surface area contributed by atoms with Crippen LogP contribution in [-0.4, -0.2) is 42.8 Å². The van der Waals surface area contributed by atoms with Crippen LogP contribution in [0.5, 0.6) is 0 Å². The SMILES string of the molecule is CN(C)CC(Cc1ccc(C#N)cc1)NC(=O)O. The van der Waals surface area contributed by atoms with Crippen LogP contribution in [0.15, 0.2) is 24.3 Å². The molecule has 0 saturated heterocycles. The zero-order valence-corrected chi connectivity index (χ0v) is 10.6. The van der Waals surface area contributed by atoms with Crippen molar-refractivity contribution in [2.24, 2.45) is 0 Å². The highest BCUT2D eigenvalue weighted by atomic mass is 16.4. The molecule has 0 aliphatic heterocycles. The molecule has 1 rings (SSSR count). The van der Waals surface area contributed by atoms with Crippen LogP contribution in [0.25, 0.3) is 0 Å². The first-order chi connectivity index (χ1) is 8.51. The van der Waals surface area contributed by atoms with Crippen molar-refractivity contribution in [1.82, 2.24) is 10.2 Å². The molecule has 1 atom stereocenters. The minimum atomic E-state index is -1.02. The van der Waals surface area contributed by atoms with E-state index in [0.29, 0.717) is 18.5 Å². The summed E-state index contributed by atoms with van der Waals surface area (Å²) in [5, 5.41) is 20.0. The molecule has 0 aliphatic carbocycles. The normalized spacial score (nSPS) is 11.9. The lowest BCUT2D eigenvalue weighted by molar-refractivity contribution is 0.186. The molecule has 2 N–H and O–H groups in total. The van der Waals surface area contributed by atoms with Crippen LogP contribution >= 0.6 is 0 Å². The molecule has 1 amide bonds.